The normalized spacial score (nSPS) is 22.5. The molecule has 1 atom stereocenters. The number of ether oxygens (including phenoxy) is 1. The number of benzene rings is 1. The molecule has 0 radical (unpaired) electrons. The first-order valence-corrected chi connectivity index (χ1v) is 8.61. The third-order valence-corrected chi connectivity index (χ3v) is 4.29. The van der Waals surface area contributed by atoms with E-state index in [2.05, 4.69) is 17.2 Å². The van der Waals surface area contributed by atoms with Crippen molar-refractivity contribution in [2.24, 2.45) is 11.8 Å². The van der Waals surface area contributed by atoms with Crippen molar-refractivity contribution in [2.75, 3.05) is 23.6 Å². The summed E-state index contributed by atoms with van der Waals surface area (Å²) in [6.45, 7) is 3.72. The largest absolute Gasteiger partial charge is 0.432 e. The molecular formula is C19H21F3N2O2. The number of alkyl halides is 3. The first kappa shape index (κ1) is 18.6. The molecule has 1 fully saturated rings. The highest BCUT2D eigenvalue weighted by Crippen LogP contribution is 2.45. The second kappa shape index (κ2) is 6.84. The Balaban J connectivity index is 2.08. The molecule has 1 amide bonds. The van der Waals surface area contributed by atoms with Crippen molar-refractivity contribution in [2.45, 2.75) is 38.4 Å². The highest BCUT2D eigenvalue weighted by Gasteiger charge is 2.66. The number of anilines is 2. The van der Waals surface area contributed by atoms with Gasteiger partial charge in [0.25, 0.3) is 11.4 Å². The zero-order valence-electron chi connectivity index (χ0n) is 14.7. The number of carbonyl (C=O) groups excluding carboxylic acids is 1. The van der Waals surface area contributed by atoms with E-state index >= 15 is 0 Å². The van der Waals surface area contributed by atoms with E-state index in [1.165, 1.54) is 6.07 Å². The van der Waals surface area contributed by atoms with Crippen LogP contribution in [-0.4, -0.2) is 31.0 Å². The summed E-state index contributed by atoms with van der Waals surface area (Å²) in [6, 6.07) is 6.38. The predicted octanol–water partition coefficient (Wildman–Crippen LogP) is 3.79. The molecule has 0 aromatic heterocycles. The lowest BCUT2D eigenvalue weighted by Crippen LogP contribution is -2.68. The van der Waals surface area contributed by atoms with Crippen molar-refractivity contribution in [1.29, 1.82) is 0 Å². The van der Waals surface area contributed by atoms with Crippen LogP contribution < -0.4 is 10.2 Å². The summed E-state index contributed by atoms with van der Waals surface area (Å²) in [7, 11) is 0. The van der Waals surface area contributed by atoms with Crippen LogP contribution in [0.2, 0.25) is 0 Å². The van der Waals surface area contributed by atoms with Gasteiger partial charge >= 0.3 is 6.18 Å². The number of para-hydroxylation sites is 2. The van der Waals surface area contributed by atoms with Crippen LogP contribution in [0.5, 0.6) is 0 Å². The lowest BCUT2D eigenvalue weighted by Gasteiger charge is -2.44. The summed E-state index contributed by atoms with van der Waals surface area (Å²) < 4.78 is 48.1. The molecule has 7 heteroatoms. The van der Waals surface area contributed by atoms with E-state index in [0.29, 0.717) is 5.69 Å². The first-order valence-electron chi connectivity index (χ1n) is 8.61. The molecule has 0 saturated heterocycles. The lowest BCUT2D eigenvalue weighted by atomic mass is 9.91. The van der Waals surface area contributed by atoms with Crippen LogP contribution in [0.3, 0.4) is 0 Å². The van der Waals surface area contributed by atoms with Crippen molar-refractivity contribution < 1.29 is 22.7 Å². The Labute approximate surface area is 150 Å². The van der Waals surface area contributed by atoms with Crippen molar-refractivity contribution in [3.8, 4) is 11.8 Å². The minimum Gasteiger partial charge on any atom is -0.361 e. The van der Waals surface area contributed by atoms with Gasteiger partial charge in [0, 0.05) is 5.92 Å². The number of amides is 1. The molecule has 1 N–H and O–H groups in total. The molecule has 1 unspecified atom stereocenters. The van der Waals surface area contributed by atoms with Crippen molar-refractivity contribution in [1.82, 2.24) is 0 Å². The molecular weight excluding hydrogens is 345 g/mol. The number of hydrogen-bond donors (Lipinski definition) is 1. The first-order chi connectivity index (χ1) is 12.3. The van der Waals surface area contributed by atoms with Gasteiger partial charge in [-0.05, 0) is 30.9 Å². The van der Waals surface area contributed by atoms with E-state index in [9.17, 15) is 18.0 Å². The fraction of sp³-hybridized carbons (Fsp3) is 0.526. The van der Waals surface area contributed by atoms with Crippen LogP contribution in [-0.2, 0) is 9.53 Å². The van der Waals surface area contributed by atoms with E-state index in [1.54, 1.807) is 18.2 Å². The van der Waals surface area contributed by atoms with Crippen LogP contribution in [0.15, 0.2) is 24.3 Å². The van der Waals surface area contributed by atoms with Gasteiger partial charge in [0.1, 0.15) is 6.73 Å². The number of halogens is 3. The van der Waals surface area contributed by atoms with E-state index in [4.69, 9.17) is 4.74 Å². The van der Waals surface area contributed by atoms with Crippen molar-refractivity contribution in [3.63, 3.8) is 0 Å². The second-order valence-corrected chi connectivity index (χ2v) is 7.04. The fourth-order valence-corrected chi connectivity index (χ4v) is 2.79. The summed E-state index contributed by atoms with van der Waals surface area (Å²) >= 11 is 0. The van der Waals surface area contributed by atoms with Gasteiger partial charge in [-0.25, -0.2) is 0 Å². The highest BCUT2D eigenvalue weighted by atomic mass is 19.4. The molecule has 1 aliphatic heterocycles. The smallest absolute Gasteiger partial charge is 0.361 e. The number of fused-ring (bicyclic) bond motifs is 1. The van der Waals surface area contributed by atoms with Gasteiger partial charge in [-0.1, -0.05) is 37.8 Å². The van der Waals surface area contributed by atoms with E-state index in [1.807, 2.05) is 13.8 Å². The Morgan fingerprint density at radius 1 is 1.35 bits per heavy atom. The summed E-state index contributed by atoms with van der Waals surface area (Å²) in [5.41, 5.74) is -2.39. The monoisotopic (exact) mass is 366 g/mol. The Hall–Kier alpha value is -2.20. The lowest BCUT2D eigenvalue weighted by molar-refractivity contribution is -0.179. The molecule has 3 rings (SSSR count). The van der Waals surface area contributed by atoms with E-state index in [0.717, 1.165) is 17.7 Å². The predicted molar refractivity (Wildman–Crippen MR) is 92.5 cm³/mol. The molecule has 2 aliphatic rings. The van der Waals surface area contributed by atoms with Gasteiger partial charge < -0.3 is 15.0 Å². The van der Waals surface area contributed by atoms with Gasteiger partial charge in [0.2, 0.25) is 0 Å². The maximum Gasteiger partial charge on any atom is 0.432 e. The molecule has 1 aromatic rings. The summed E-state index contributed by atoms with van der Waals surface area (Å²) in [4.78, 5) is 13.6. The molecule has 1 aliphatic carbocycles. The zero-order chi connectivity index (χ0) is 18.9. The Morgan fingerprint density at radius 2 is 2.04 bits per heavy atom. The topological polar surface area (TPSA) is 41.6 Å². The van der Waals surface area contributed by atoms with E-state index < -0.39 is 17.6 Å². The van der Waals surface area contributed by atoms with Crippen LogP contribution in [0.25, 0.3) is 0 Å². The Bertz CT molecular complexity index is 747. The highest BCUT2D eigenvalue weighted by molar-refractivity contribution is 6.09. The molecule has 1 aromatic carbocycles. The number of nitrogens with one attached hydrogen (secondary N) is 1. The van der Waals surface area contributed by atoms with Crippen LogP contribution >= 0.6 is 0 Å². The maximum absolute atomic E-state index is 14.2. The van der Waals surface area contributed by atoms with Gasteiger partial charge in [-0.15, -0.1) is 0 Å². The quantitative estimate of drug-likeness (QED) is 0.825. The van der Waals surface area contributed by atoms with Crippen molar-refractivity contribution in [3.05, 3.63) is 24.3 Å². The zero-order valence-corrected chi connectivity index (χ0v) is 14.7. The third-order valence-electron chi connectivity index (χ3n) is 4.29. The second-order valence-electron chi connectivity index (χ2n) is 7.04. The SMILES string of the molecule is CC(C)COCN1c2ccccc2NC(=O)C1(C#CC1CC1)C(F)(F)F. The summed E-state index contributed by atoms with van der Waals surface area (Å²) in [6.07, 6.45) is -3.35. The van der Waals surface area contributed by atoms with E-state index in [-0.39, 0.29) is 30.9 Å². The summed E-state index contributed by atoms with van der Waals surface area (Å²) in [5.74, 6) is 3.80. The molecule has 0 bridgehead atoms. The third kappa shape index (κ3) is 3.38. The number of carbonyl (C=O) groups is 1. The van der Waals surface area contributed by atoms with Gasteiger partial charge in [0.15, 0.2) is 0 Å². The molecule has 4 nitrogen and oxygen atoms in total. The molecule has 140 valence electrons. The van der Waals surface area contributed by atoms with Crippen LogP contribution in [0.1, 0.15) is 26.7 Å². The number of rotatable bonds is 4. The average molecular weight is 366 g/mol. The minimum absolute atomic E-state index is 0.0716. The standard InChI is InChI=1S/C19H21F3N2O2/c1-13(2)11-26-12-24-16-6-4-3-5-15(16)23-17(25)18(24,19(20,21)22)10-9-14-7-8-14/h3-6,13-14H,7-8,11-12H2,1-2H3,(H,23,25). The number of nitrogens with zero attached hydrogens (tertiary/aromatic N) is 1. The average Bonchev–Trinajstić information content (AvgIpc) is 3.36. The maximum atomic E-state index is 14.2. The minimum atomic E-state index is -4.88. The van der Waals surface area contributed by atoms with Gasteiger partial charge in [-0.2, -0.15) is 13.2 Å². The summed E-state index contributed by atoms with van der Waals surface area (Å²) in [5, 5.41) is 2.37. The van der Waals surface area contributed by atoms with Crippen LogP contribution in [0.4, 0.5) is 24.5 Å². The van der Waals surface area contributed by atoms with Gasteiger partial charge in [-0.3, -0.25) is 4.79 Å². The fourth-order valence-electron chi connectivity index (χ4n) is 2.79. The Kier molecular flexibility index (Phi) is 4.89. The molecule has 1 heterocycles. The number of hydrogen-bond acceptors (Lipinski definition) is 3. The molecule has 26 heavy (non-hydrogen) atoms. The Morgan fingerprint density at radius 3 is 2.65 bits per heavy atom. The van der Waals surface area contributed by atoms with Crippen molar-refractivity contribution >= 4 is 17.3 Å². The molecule has 1 saturated carbocycles. The molecule has 0 spiro atoms. The van der Waals surface area contributed by atoms with Gasteiger partial charge in [0.05, 0.1) is 18.0 Å². The van der Waals surface area contributed by atoms with Crippen LogP contribution in [0, 0.1) is 23.7 Å².